The topological polar surface area (TPSA) is 79.8 Å². The van der Waals surface area contributed by atoms with Crippen molar-refractivity contribution in [2.24, 2.45) is 5.10 Å². The van der Waals surface area contributed by atoms with Crippen LogP contribution in [0.2, 0.25) is 0 Å². The Morgan fingerprint density at radius 3 is 2.42 bits per heavy atom. The Kier molecular flexibility index (Phi) is 10.0. The van der Waals surface area contributed by atoms with E-state index in [1.54, 1.807) is 30.5 Å². The molecule has 3 aromatic rings. The van der Waals surface area contributed by atoms with Crippen molar-refractivity contribution in [3.8, 4) is 5.75 Å². The second kappa shape index (κ2) is 13.4. The number of ether oxygens (including phenoxy) is 1. The normalized spacial score (nSPS) is 10.7. The lowest BCUT2D eigenvalue weighted by Gasteiger charge is -2.08. The molecule has 0 bridgehead atoms. The molecule has 0 aliphatic heterocycles. The van der Waals surface area contributed by atoms with Crippen LogP contribution in [-0.2, 0) is 21.9 Å². The highest BCUT2D eigenvalue weighted by molar-refractivity contribution is 9.10. The van der Waals surface area contributed by atoms with E-state index in [1.807, 2.05) is 54.6 Å². The van der Waals surface area contributed by atoms with Crippen LogP contribution in [0.25, 0.3) is 0 Å². The van der Waals surface area contributed by atoms with Crippen molar-refractivity contribution in [1.29, 1.82) is 0 Å². The molecule has 2 amide bonds. The fourth-order valence-electron chi connectivity index (χ4n) is 2.73. The van der Waals surface area contributed by atoms with Crippen LogP contribution in [0.5, 0.6) is 5.75 Å². The van der Waals surface area contributed by atoms with Crippen LogP contribution in [0.4, 0.5) is 0 Å². The highest BCUT2D eigenvalue weighted by Gasteiger charge is 2.04. The van der Waals surface area contributed by atoms with Crippen LogP contribution >= 0.6 is 27.7 Å². The molecule has 0 heterocycles. The highest BCUT2D eigenvalue weighted by atomic mass is 79.9. The highest BCUT2D eigenvalue weighted by Crippen LogP contribution is 2.21. The van der Waals surface area contributed by atoms with Crippen LogP contribution in [-0.4, -0.2) is 30.4 Å². The molecule has 0 saturated heterocycles. The number of hydrazone groups is 1. The first kappa shape index (κ1) is 24.5. The lowest BCUT2D eigenvalue weighted by Crippen LogP contribution is -2.28. The van der Waals surface area contributed by atoms with Gasteiger partial charge in [-0.2, -0.15) is 5.10 Å². The third-order valence-electron chi connectivity index (χ3n) is 4.43. The number of benzene rings is 3. The number of amides is 2. The second-order valence-electron chi connectivity index (χ2n) is 7.00. The summed E-state index contributed by atoms with van der Waals surface area (Å²) in [6.07, 6.45) is 1.56. The Labute approximate surface area is 205 Å². The average molecular weight is 526 g/mol. The van der Waals surface area contributed by atoms with Gasteiger partial charge in [0, 0.05) is 16.8 Å². The number of hydrogen-bond donors (Lipinski definition) is 2. The number of carbonyl (C=O) groups is 2. The van der Waals surface area contributed by atoms with E-state index in [0.717, 1.165) is 26.9 Å². The van der Waals surface area contributed by atoms with Gasteiger partial charge in [0.05, 0.1) is 12.0 Å². The van der Waals surface area contributed by atoms with Gasteiger partial charge in [-0.25, -0.2) is 5.43 Å². The zero-order valence-electron chi connectivity index (χ0n) is 17.9. The SMILES string of the molecule is O=C(COc1ccc(/C=N/NC(=O)CSCc2ccccc2Br)cc1)NCc1ccccc1. The summed E-state index contributed by atoms with van der Waals surface area (Å²) in [7, 11) is 0. The maximum absolute atomic E-state index is 11.9. The molecule has 0 radical (unpaired) electrons. The molecule has 0 unspecified atom stereocenters. The van der Waals surface area contributed by atoms with Crippen molar-refractivity contribution in [3.63, 3.8) is 0 Å². The van der Waals surface area contributed by atoms with Gasteiger partial charge in [0.25, 0.3) is 5.91 Å². The van der Waals surface area contributed by atoms with Gasteiger partial charge in [0.1, 0.15) is 5.75 Å². The molecule has 0 saturated carbocycles. The van der Waals surface area contributed by atoms with Crippen molar-refractivity contribution in [1.82, 2.24) is 10.7 Å². The molecule has 0 aliphatic rings. The predicted octanol–water partition coefficient (Wildman–Crippen LogP) is 4.53. The number of halogens is 1. The number of nitrogens with one attached hydrogen (secondary N) is 2. The van der Waals surface area contributed by atoms with E-state index in [4.69, 9.17) is 4.74 Å². The van der Waals surface area contributed by atoms with Gasteiger partial charge in [-0.05, 0) is 47.0 Å². The van der Waals surface area contributed by atoms with Crippen molar-refractivity contribution >= 4 is 45.7 Å². The van der Waals surface area contributed by atoms with Crippen molar-refractivity contribution < 1.29 is 14.3 Å². The number of thioether (sulfide) groups is 1. The van der Waals surface area contributed by atoms with E-state index in [0.29, 0.717) is 18.0 Å². The monoisotopic (exact) mass is 525 g/mol. The first-order chi connectivity index (χ1) is 16.1. The van der Waals surface area contributed by atoms with Gasteiger partial charge in [-0.1, -0.05) is 64.5 Å². The van der Waals surface area contributed by atoms with Crippen molar-refractivity contribution in [2.45, 2.75) is 12.3 Å². The summed E-state index contributed by atoms with van der Waals surface area (Å²) in [6.45, 7) is 0.403. The summed E-state index contributed by atoms with van der Waals surface area (Å²) in [4.78, 5) is 23.9. The van der Waals surface area contributed by atoms with E-state index in [-0.39, 0.29) is 18.4 Å². The van der Waals surface area contributed by atoms with Crippen molar-refractivity contribution in [3.05, 3.63) is 100 Å². The van der Waals surface area contributed by atoms with Gasteiger partial charge in [-0.15, -0.1) is 11.8 Å². The molecule has 0 atom stereocenters. The summed E-state index contributed by atoms with van der Waals surface area (Å²) in [5, 5.41) is 6.81. The van der Waals surface area contributed by atoms with E-state index in [2.05, 4.69) is 31.8 Å². The van der Waals surface area contributed by atoms with E-state index in [1.165, 1.54) is 11.8 Å². The quantitative estimate of drug-likeness (QED) is 0.284. The van der Waals surface area contributed by atoms with Crippen LogP contribution in [0.15, 0.2) is 88.4 Å². The fourth-order valence-corrected chi connectivity index (χ4v) is 4.16. The molecule has 0 aliphatic carbocycles. The Bertz CT molecular complexity index is 1080. The van der Waals surface area contributed by atoms with E-state index < -0.39 is 0 Å². The molecule has 8 heteroatoms. The Morgan fingerprint density at radius 2 is 1.67 bits per heavy atom. The zero-order chi connectivity index (χ0) is 23.3. The van der Waals surface area contributed by atoms with Crippen LogP contribution in [0, 0.1) is 0 Å². The summed E-state index contributed by atoms with van der Waals surface area (Å²) in [6, 6.07) is 24.7. The number of nitrogens with zero attached hydrogens (tertiary/aromatic N) is 1. The van der Waals surface area contributed by atoms with Crippen molar-refractivity contribution in [2.75, 3.05) is 12.4 Å². The summed E-state index contributed by atoms with van der Waals surface area (Å²) in [5.74, 6) is 1.28. The molecule has 3 aromatic carbocycles. The van der Waals surface area contributed by atoms with Gasteiger partial charge in [0.15, 0.2) is 6.61 Å². The Morgan fingerprint density at radius 1 is 0.939 bits per heavy atom. The van der Waals surface area contributed by atoms with E-state index in [9.17, 15) is 9.59 Å². The van der Waals surface area contributed by atoms with Crippen LogP contribution in [0.1, 0.15) is 16.7 Å². The molecule has 2 N–H and O–H groups in total. The summed E-state index contributed by atoms with van der Waals surface area (Å²) in [5.41, 5.74) is 5.51. The second-order valence-corrected chi connectivity index (χ2v) is 8.84. The summed E-state index contributed by atoms with van der Waals surface area (Å²) < 4.78 is 6.55. The largest absolute Gasteiger partial charge is 0.484 e. The minimum absolute atomic E-state index is 0.0620. The molecule has 6 nitrogen and oxygen atoms in total. The molecule has 0 aromatic heterocycles. The predicted molar refractivity (Wildman–Crippen MR) is 136 cm³/mol. The summed E-state index contributed by atoms with van der Waals surface area (Å²) >= 11 is 5.02. The number of hydrogen-bond acceptors (Lipinski definition) is 5. The van der Waals surface area contributed by atoms with Gasteiger partial charge in [-0.3, -0.25) is 9.59 Å². The lowest BCUT2D eigenvalue weighted by molar-refractivity contribution is -0.123. The minimum Gasteiger partial charge on any atom is -0.484 e. The Hall–Kier alpha value is -3.10. The maximum Gasteiger partial charge on any atom is 0.258 e. The lowest BCUT2D eigenvalue weighted by atomic mass is 10.2. The Balaban J connectivity index is 1.33. The van der Waals surface area contributed by atoms with Gasteiger partial charge < -0.3 is 10.1 Å². The number of carbonyl (C=O) groups excluding carboxylic acids is 2. The van der Waals surface area contributed by atoms with Gasteiger partial charge in [0.2, 0.25) is 5.91 Å². The minimum atomic E-state index is -0.190. The molecular formula is C25H24BrN3O3S. The van der Waals surface area contributed by atoms with Crippen LogP contribution < -0.4 is 15.5 Å². The molecular weight excluding hydrogens is 502 g/mol. The molecule has 170 valence electrons. The average Bonchev–Trinajstić information content (AvgIpc) is 2.84. The fraction of sp³-hybridized carbons (Fsp3) is 0.160. The van der Waals surface area contributed by atoms with E-state index >= 15 is 0 Å². The smallest absolute Gasteiger partial charge is 0.258 e. The van der Waals surface area contributed by atoms with Gasteiger partial charge >= 0.3 is 0 Å². The molecule has 3 rings (SSSR count). The first-order valence-electron chi connectivity index (χ1n) is 10.3. The zero-order valence-corrected chi connectivity index (χ0v) is 20.3. The maximum atomic E-state index is 11.9. The standard InChI is InChI=1S/C25H24BrN3O3S/c26-23-9-5-4-8-21(23)17-33-18-25(31)29-28-15-20-10-12-22(13-11-20)32-16-24(30)27-14-19-6-2-1-3-7-19/h1-13,15H,14,16-18H2,(H,27,30)(H,29,31)/b28-15+. The molecule has 0 spiro atoms. The third kappa shape index (κ3) is 9.11. The third-order valence-corrected chi connectivity index (χ3v) is 6.19. The van der Waals surface area contributed by atoms with Crippen LogP contribution in [0.3, 0.4) is 0 Å². The molecule has 0 fully saturated rings. The molecule has 33 heavy (non-hydrogen) atoms. The first-order valence-corrected chi connectivity index (χ1v) is 12.2. The number of rotatable bonds is 11.